The van der Waals surface area contributed by atoms with Gasteiger partial charge < -0.3 is 10.2 Å². The van der Waals surface area contributed by atoms with Crippen molar-refractivity contribution < 1.29 is 0 Å². The van der Waals surface area contributed by atoms with Crippen LogP contribution in [0.5, 0.6) is 0 Å². The van der Waals surface area contributed by atoms with Crippen molar-refractivity contribution in [2.75, 3.05) is 33.7 Å². The molecule has 1 atom stereocenters. The maximum atomic E-state index is 3.65. The molecule has 1 rings (SSSR count). The van der Waals surface area contributed by atoms with Crippen molar-refractivity contribution in [1.29, 1.82) is 0 Å². The van der Waals surface area contributed by atoms with E-state index in [4.69, 9.17) is 0 Å². The monoisotopic (exact) mass is 255 g/mol. The number of rotatable bonds is 5. The van der Waals surface area contributed by atoms with E-state index in [-0.39, 0.29) is 5.54 Å². The zero-order valence-corrected chi connectivity index (χ0v) is 13.3. The molecule has 0 saturated carbocycles. The smallest absolute Gasteiger partial charge is 0.0218 e. The van der Waals surface area contributed by atoms with Crippen molar-refractivity contribution in [3.8, 4) is 0 Å². The molecular formula is C15H33N3. The average Bonchev–Trinajstić information content (AvgIpc) is 2.29. The summed E-state index contributed by atoms with van der Waals surface area (Å²) in [5.41, 5.74) is 0.223. The summed E-state index contributed by atoms with van der Waals surface area (Å²) in [5, 5.41) is 3.65. The highest BCUT2D eigenvalue weighted by atomic mass is 15.2. The van der Waals surface area contributed by atoms with Crippen molar-refractivity contribution in [3.63, 3.8) is 0 Å². The zero-order valence-electron chi connectivity index (χ0n) is 13.3. The molecule has 0 bridgehead atoms. The lowest BCUT2D eigenvalue weighted by molar-refractivity contribution is 0.100. The molecule has 3 nitrogen and oxygen atoms in total. The number of hydrogen-bond acceptors (Lipinski definition) is 3. The molecule has 1 N–H and O–H groups in total. The molecule has 1 unspecified atom stereocenters. The Kier molecular flexibility index (Phi) is 6.09. The van der Waals surface area contributed by atoms with Crippen LogP contribution in [0.4, 0.5) is 0 Å². The van der Waals surface area contributed by atoms with Gasteiger partial charge in [0.1, 0.15) is 0 Å². The van der Waals surface area contributed by atoms with Crippen molar-refractivity contribution in [1.82, 2.24) is 15.1 Å². The molecule has 1 heterocycles. The van der Waals surface area contributed by atoms with E-state index in [0.29, 0.717) is 6.04 Å². The lowest BCUT2D eigenvalue weighted by Crippen LogP contribution is -2.51. The first kappa shape index (κ1) is 15.9. The van der Waals surface area contributed by atoms with Gasteiger partial charge >= 0.3 is 0 Å². The minimum atomic E-state index is 0.223. The van der Waals surface area contributed by atoms with Gasteiger partial charge in [-0.25, -0.2) is 0 Å². The highest BCUT2D eigenvalue weighted by molar-refractivity contribution is 4.83. The minimum absolute atomic E-state index is 0.223. The first-order valence-corrected chi connectivity index (χ1v) is 7.49. The Bertz CT molecular complexity index is 226. The molecule has 0 radical (unpaired) electrons. The molecule has 3 heteroatoms. The number of nitrogens with one attached hydrogen (secondary N) is 1. The van der Waals surface area contributed by atoms with E-state index in [1.807, 2.05) is 0 Å². The SMILES string of the molecule is CCC(CNC(C)(C)C)N(C)C1CCN(C)CC1. The zero-order chi connectivity index (χ0) is 13.8. The molecule has 18 heavy (non-hydrogen) atoms. The maximum absolute atomic E-state index is 3.65. The van der Waals surface area contributed by atoms with Crippen LogP contribution in [-0.2, 0) is 0 Å². The predicted octanol–water partition coefficient (Wildman–Crippen LogP) is 2.18. The van der Waals surface area contributed by atoms with Gasteiger partial charge in [-0.15, -0.1) is 0 Å². The summed E-state index contributed by atoms with van der Waals surface area (Å²) in [6, 6.07) is 1.44. The highest BCUT2D eigenvalue weighted by Crippen LogP contribution is 2.17. The van der Waals surface area contributed by atoms with Gasteiger partial charge in [0, 0.05) is 24.2 Å². The topological polar surface area (TPSA) is 18.5 Å². The largest absolute Gasteiger partial charge is 0.311 e. The molecule has 1 aliphatic heterocycles. The van der Waals surface area contributed by atoms with Gasteiger partial charge in [-0.3, -0.25) is 4.90 Å². The van der Waals surface area contributed by atoms with Crippen molar-refractivity contribution in [3.05, 3.63) is 0 Å². The standard InChI is InChI=1S/C15H33N3/c1-7-13(12-16-15(2,3)4)18(6)14-8-10-17(5)11-9-14/h13-14,16H,7-12H2,1-6H3. The second-order valence-electron chi connectivity index (χ2n) is 6.89. The summed E-state index contributed by atoms with van der Waals surface area (Å²) in [7, 11) is 4.54. The van der Waals surface area contributed by atoms with Gasteiger partial charge in [0.25, 0.3) is 0 Å². The number of hydrogen-bond donors (Lipinski definition) is 1. The Morgan fingerprint density at radius 3 is 2.28 bits per heavy atom. The predicted molar refractivity (Wildman–Crippen MR) is 80.1 cm³/mol. The fourth-order valence-corrected chi connectivity index (χ4v) is 2.70. The first-order valence-electron chi connectivity index (χ1n) is 7.49. The van der Waals surface area contributed by atoms with Crippen LogP contribution in [0, 0.1) is 0 Å². The second kappa shape index (κ2) is 6.88. The quantitative estimate of drug-likeness (QED) is 0.812. The van der Waals surface area contributed by atoms with E-state index < -0.39 is 0 Å². The number of piperidine rings is 1. The van der Waals surface area contributed by atoms with Crippen LogP contribution in [-0.4, -0.2) is 61.2 Å². The summed E-state index contributed by atoms with van der Waals surface area (Å²) in [5.74, 6) is 0. The maximum Gasteiger partial charge on any atom is 0.0218 e. The number of likely N-dealkylation sites (N-methyl/N-ethyl adjacent to an activating group) is 1. The molecule has 1 fully saturated rings. The van der Waals surface area contributed by atoms with Gasteiger partial charge in [-0.05, 0) is 67.2 Å². The van der Waals surface area contributed by atoms with Gasteiger partial charge in [0.2, 0.25) is 0 Å². The Balaban J connectivity index is 2.43. The Labute approximate surface area is 114 Å². The summed E-state index contributed by atoms with van der Waals surface area (Å²) in [4.78, 5) is 5.06. The fourth-order valence-electron chi connectivity index (χ4n) is 2.70. The summed E-state index contributed by atoms with van der Waals surface area (Å²) >= 11 is 0. The lowest BCUT2D eigenvalue weighted by atomic mass is 10.0. The van der Waals surface area contributed by atoms with Gasteiger partial charge in [0.05, 0.1) is 0 Å². The van der Waals surface area contributed by atoms with E-state index in [1.54, 1.807) is 0 Å². The summed E-state index contributed by atoms with van der Waals surface area (Å²) in [6.45, 7) is 12.6. The molecule has 0 aromatic heterocycles. The molecule has 0 spiro atoms. The van der Waals surface area contributed by atoms with E-state index in [9.17, 15) is 0 Å². The third kappa shape index (κ3) is 5.25. The average molecular weight is 255 g/mol. The number of likely N-dealkylation sites (tertiary alicyclic amines) is 1. The van der Waals surface area contributed by atoms with Gasteiger partial charge in [0.15, 0.2) is 0 Å². The molecule has 108 valence electrons. The van der Waals surface area contributed by atoms with Crippen LogP contribution in [0.15, 0.2) is 0 Å². The van der Waals surface area contributed by atoms with Crippen LogP contribution in [0.2, 0.25) is 0 Å². The van der Waals surface area contributed by atoms with E-state index >= 15 is 0 Å². The summed E-state index contributed by atoms with van der Waals surface area (Å²) in [6.07, 6.45) is 3.87. The third-order valence-electron chi connectivity index (χ3n) is 4.18. The first-order chi connectivity index (χ1) is 8.33. The van der Waals surface area contributed by atoms with E-state index in [2.05, 4.69) is 56.9 Å². The van der Waals surface area contributed by atoms with Crippen LogP contribution in [0.1, 0.15) is 47.0 Å². The molecule has 1 aliphatic rings. The van der Waals surface area contributed by atoms with Gasteiger partial charge in [-0.2, -0.15) is 0 Å². The van der Waals surface area contributed by atoms with E-state index in [1.165, 1.54) is 32.4 Å². The van der Waals surface area contributed by atoms with Crippen LogP contribution in [0.25, 0.3) is 0 Å². The third-order valence-corrected chi connectivity index (χ3v) is 4.18. The molecule has 0 aromatic rings. The van der Waals surface area contributed by atoms with E-state index in [0.717, 1.165) is 12.6 Å². The fraction of sp³-hybridized carbons (Fsp3) is 1.00. The molecule has 0 aromatic carbocycles. The second-order valence-corrected chi connectivity index (χ2v) is 6.89. The number of nitrogens with zero attached hydrogens (tertiary/aromatic N) is 2. The molecule has 1 saturated heterocycles. The summed E-state index contributed by atoms with van der Waals surface area (Å²) < 4.78 is 0. The lowest BCUT2D eigenvalue weighted by Gasteiger charge is -2.40. The van der Waals surface area contributed by atoms with Crippen molar-refractivity contribution in [2.24, 2.45) is 0 Å². The normalized spacial score (nSPS) is 21.5. The molecule has 0 aliphatic carbocycles. The molecule has 0 amide bonds. The highest BCUT2D eigenvalue weighted by Gasteiger charge is 2.25. The van der Waals surface area contributed by atoms with Crippen molar-refractivity contribution in [2.45, 2.75) is 64.6 Å². The van der Waals surface area contributed by atoms with Crippen LogP contribution in [0.3, 0.4) is 0 Å². The molecular weight excluding hydrogens is 222 g/mol. The van der Waals surface area contributed by atoms with Gasteiger partial charge in [-0.1, -0.05) is 6.92 Å². The minimum Gasteiger partial charge on any atom is -0.311 e. The van der Waals surface area contributed by atoms with Crippen molar-refractivity contribution >= 4 is 0 Å². The Hall–Kier alpha value is -0.120. The van der Waals surface area contributed by atoms with Crippen LogP contribution < -0.4 is 5.32 Å². The van der Waals surface area contributed by atoms with Crippen LogP contribution >= 0.6 is 0 Å². The Morgan fingerprint density at radius 2 is 1.83 bits per heavy atom. The Morgan fingerprint density at radius 1 is 1.28 bits per heavy atom.